The molecule has 148 valence electrons. The Kier molecular flexibility index (Phi) is 6.58. The van der Waals surface area contributed by atoms with Crippen LogP contribution in [0.1, 0.15) is 25.1 Å². The van der Waals surface area contributed by atoms with Gasteiger partial charge in [0, 0.05) is 23.1 Å². The van der Waals surface area contributed by atoms with E-state index in [1.165, 1.54) is 20.0 Å². The molecule has 14 heteroatoms. The third-order valence-corrected chi connectivity index (χ3v) is 5.46. The van der Waals surface area contributed by atoms with E-state index >= 15 is 0 Å². The Labute approximate surface area is 152 Å². The fraction of sp³-hybridized carbons (Fsp3) is 0.615. The average molecular weight is 402 g/mol. The number of hydrogen-bond acceptors (Lipinski definition) is 8. The predicted molar refractivity (Wildman–Crippen MR) is 92.3 cm³/mol. The minimum Gasteiger partial charge on any atom is -0.359 e. The summed E-state index contributed by atoms with van der Waals surface area (Å²) in [4.78, 5) is 39.7. The highest BCUT2D eigenvalue weighted by Crippen LogP contribution is 2.48. The number of primary amides is 1. The Morgan fingerprint density at radius 3 is 2.85 bits per heavy atom. The molecule has 0 unspecified atom stereocenters. The van der Waals surface area contributed by atoms with Gasteiger partial charge in [-0.05, 0) is 19.4 Å². The minimum absolute atomic E-state index is 0.0693. The summed E-state index contributed by atoms with van der Waals surface area (Å²) < 4.78 is 28.9. The summed E-state index contributed by atoms with van der Waals surface area (Å²) in [6, 6.07) is -0.776. The zero-order chi connectivity index (χ0) is 20.2. The molecule has 1 aliphatic heterocycles. The van der Waals surface area contributed by atoms with Gasteiger partial charge < -0.3 is 15.0 Å². The van der Waals surface area contributed by atoms with E-state index in [0.29, 0.717) is 0 Å². The minimum atomic E-state index is -4.20. The molecule has 0 aliphatic carbocycles. The van der Waals surface area contributed by atoms with Crippen LogP contribution in [0.2, 0.25) is 0 Å². The summed E-state index contributed by atoms with van der Waals surface area (Å²) in [5.41, 5.74) is 11.6. The molecule has 1 aromatic heterocycles. The lowest BCUT2D eigenvalue weighted by Crippen LogP contribution is -2.33. The molecule has 2 heterocycles. The number of azide groups is 1. The smallest absolute Gasteiger partial charge is 0.359 e. The number of H-pyrrole nitrogens is 1. The molecule has 1 saturated heterocycles. The first-order chi connectivity index (χ1) is 12.7. The summed E-state index contributed by atoms with van der Waals surface area (Å²) in [6.45, 7) is 2.53. The number of hydrogen-bond donors (Lipinski definition) is 2. The molecule has 0 bridgehead atoms. The quantitative estimate of drug-likeness (QED) is 0.282. The lowest BCUT2D eigenvalue weighted by Gasteiger charge is -2.19. The second-order valence-electron chi connectivity index (χ2n) is 5.67. The van der Waals surface area contributed by atoms with E-state index < -0.39 is 49.5 Å². The van der Waals surface area contributed by atoms with Crippen LogP contribution in [0.3, 0.4) is 0 Å². The second kappa shape index (κ2) is 8.51. The lowest BCUT2D eigenvalue weighted by molar-refractivity contribution is -0.0243. The van der Waals surface area contributed by atoms with E-state index in [4.69, 9.17) is 25.0 Å². The highest BCUT2D eigenvalue weighted by molar-refractivity contribution is 7.71. The number of rotatable bonds is 8. The van der Waals surface area contributed by atoms with Crippen molar-refractivity contribution in [1.29, 1.82) is 0 Å². The molecule has 3 N–H and O–H groups in total. The van der Waals surface area contributed by atoms with Crippen LogP contribution in [-0.4, -0.2) is 40.6 Å². The van der Waals surface area contributed by atoms with Crippen molar-refractivity contribution in [3.05, 3.63) is 43.0 Å². The number of carbonyl (C=O) groups excluding carboxylic acids is 1. The molecule has 1 amide bonds. The van der Waals surface area contributed by atoms with E-state index in [2.05, 4.69) is 15.0 Å². The van der Waals surface area contributed by atoms with E-state index in [9.17, 15) is 18.9 Å². The van der Waals surface area contributed by atoms with Crippen LogP contribution in [0, 0.1) is 6.92 Å². The first kappa shape index (κ1) is 20.9. The molecule has 1 aromatic rings. The molecule has 0 aromatic carbocycles. The number of ether oxygens (including phenoxy) is 1. The van der Waals surface area contributed by atoms with Crippen LogP contribution in [0.4, 0.5) is 4.79 Å². The van der Waals surface area contributed by atoms with Crippen molar-refractivity contribution < 1.29 is 23.1 Å². The van der Waals surface area contributed by atoms with Crippen molar-refractivity contribution in [2.24, 2.45) is 10.8 Å². The molecule has 1 aliphatic rings. The Bertz CT molecular complexity index is 920. The van der Waals surface area contributed by atoms with Crippen LogP contribution >= 0.6 is 7.60 Å². The molecule has 4 atom stereocenters. The first-order valence-corrected chi connectivity index (χ1v) is 9.47. The Balaban J connectivity index is 2.22. The van der Waals surface area contributed by atoms with Gasteiger partial charge in [0.1, 0.15) is 6.23 Å². The number of aryl methyl sites for hydroxylation is 1. The number of nitrogens with one attached hydrogen (secondary N) is 1. The molecular formula is C13H19N6O7P. The van der Waals surface area contributed by atoms with Gasteiger partial charge in [0.15, 0.2) is 0 Å². The topological polar surface area (TPSA) is 191 Å². The third-order valence-electron chi connectivity index (χ3n) is 3.84. The Hall–Kier alpha value is -2.43. The molecule has 0 radical (unpaired) electrons. The number of carbonyl (C=O) groups is 1. The van der Waals surface area contributed by atoms with Gasteiger partial charge in [-0.3, -0.25) is 23.7 Å². The summed E-state index contributed by atoms with van der Waals surface area (Å²) in [6.07, 6.45) is -0.370. The van der Waals surface area contributed by atoms with E-state index in [-0.39, 0.29) is 18.6 Å². The number of nitrogens with two attached hydrogens (primary N) is 1. The summed E-state index contributed by atoms with van der Waals surface area (Å²) in [5, 5.41) is 3.58. The maximum absolute atomic E-state index is 12.2. The maximum atomic E-state index is 12.2. The highest BCUT2D eigenvalue weighted by atomic mass is 31.2. The third kappa shape index (κ3) is 4.65. The standard InChI is InChI=1S/C13H19N6O7P/c1-3-24-27(23,12(14)21)25-6-9-8(17-18-15)4-10(26-9)19-5-7(2)11(20)16-13(19)22/h5,8-10H,3-4,6H2,1-2H3,(H2,14,21)(H,16,20,22)/t8-,9+,10+,27-/m0/s1. The van der Waals surface area contributed by atoms with E-state index in [1.807, 2.05) is 0 Å². The SMILES string of the molecule is CCO[P@](=O)(OC[C@H]1O[C@@H](n2cc(C)c(=O)[nH]c2=O)C[C@@H]1N=[N+]=[N-])C(N)=O. The maximum Gasteiger partial charge on any atom is 0.418 e. The highest BCUT2D eigenvalue weighted by Gasteiger charge is 2.40. The number of aromatic nitrogens is 2. The Morgan fingerprint density at radius 1 is 1.56 bits per heavy atom. The van der Waals surface area contributed by atoms with Crippen molar-refractivity contribution in [2.45, 2.75) is 38.6 Å². The molecule has 0 spiro atoms. The fourth-order valence-corrected chi connectivity index (χ4v) is 3.54. The largest absolute Gasteiger partial charge is 0.418 e. The van der Waals surface area contributed by atoms with Crippen LogP contribution in [0.15, 0.2) is 20.9 Å². The molecule has 13 nitrogen and oxygen atoms in total. The second-order valence-corrected chi connectivity index (χ2v) is 7.62. The summed E-state index contributed by atoms with van der Waals surface area (Å²) in [5.74, 6) is 0. The lowest BCUT2D eigenvalue weighted by atomic mass is 10.1. The number of amides is 1. The van der Waals surface area contributed by atoms with Gasteiger partial charge in [-0.2, -0.15) is 0 Å². The zero-order valence-electron chi connectivity index (χ0n) is 14.6. The van der Waals surface area contributed by atoms with Gasteiger partial charge in [-0.15, -0.1) is 0 Å². The fourth-order valence-electron chi connectivity index (χ4n) is 2.53. The van der Waals surface area contributed by atoms with Crippen molar-refractivity contribution >= 4 is 13.2 Å². The van der Waals surface area contributed by atoms with Crippen LogP contribution < -0.4 is 17.0 Å². The molecular weight excluding hydrogens is 383 g/mol. The van der Waals surface area contributed by atoms with Crippen LogP contribution in [-0.2, 0) is 18.3 Å². The monoisotopic (exact) mass is 402 g/mol. The van der Waals surface area contributed by atoms with Crippen molar-refractivity contribution in [3.8, 4) is 0 Å². The molecule has 27 heavy (non-hydrogen) atoms. The number of nitrogens with zero attached hydrogens (tertiary/aromatic N) is 4. The summed E-state index contributed by atoms with van der Waals surface area (Å²) in [7, 11) is -4.20. The molecule has 1 fully saturated rings. The van der Waals surface area contributed by atoms with Gasteiger partial charge in [-0.1, -0.05) is 5.11 Å². The average Bonchev–Trinajstić information content (AvgIpc) is 2.99. The van der Waals surface area contributed by atoms with E-state index in [0.717, 1.165) is 4.57 Å². The van der Waals surface area contributed by atoms with Gasteiger partial charge in [0.25, 0.3) is 5.56 Å². The molecule has 2 rings (SSSR count). The predicted octanol–water partition coefficient (Wildman–Crippen LogP) is 1.14. The van der Waals surface area contributed by atoms with Gasteiger partial charge in [0.2, 0.25) is 0 Å². The van der Waals surface area contributed by atoms with Crippen LogP contribution in [0.25, 0.3) is 10.4 Å². The first-order valence-electron chi connectivity index (χ1n) is 7.92. The molecule has 0 saturated carbocycles. The Morgan fingerprint density at radius 2 is 2.26 bits per heavy atom. The zero-order valence-corrected chi connectivity index (χ0v) is 15.5. The van der Waals surface area contributed by atoms with Gasteiger partial charge >= 0.3 is 18.9 Å². The summed E-state index contributed by atoms with van der Waals surface area (Å²) >= 11 is 0. The van der Waals surface area contributed by atoms with Crippen molar-refractivity contribution in [2.75, 3.05) is 13.2 Å². The number of aromatic amines is 1. The van der Waals surface area contributed by atoms with Gasteiger partial charge in [-0.25, -0.2) is 9.36 Å². The normalized spacial score (nSPS) is 24.1. The van der Waals surface area contributed by atoms with Gasteiger partial charge in [0.05, 0.1) is 25.4 Å². The van der Waals surface area contributed by atoms with Crippen molar-refractivity contribution in [3.63, 3.8) is 0 Å². The van der Waals surface area contributed by atoms with Crippen molar-refractivity contribution in [1.82, 2.24) is 9.55 Å². The van der Waals surface area contributed by atoms with E-state index in [1.54, 1.807) is 0 Å². The van der Waals surface area contributed by atoms with Crippen LogP contribution in [0.5, 0.6) is 0 Å².